The predicted octanol–water partition coefficient (Wildman–Crippen LogP) is 4.71. The van der Waals surface area contributed by atoms with Crippen molar-refractivity contribution in [2.45, 2.75) is 20.0 Å². The number of amides is 1. The van der Waals surface area contributed by atoms with E-state index in [1.165, 1.54) is 24.3 Å². The van der Waals surface area contributed by atoms with Gasteiger partial charge in [-0.3, -0.25) is 4.79 Å². The molecule has 3 rings (SSSR count). The van der Waals surface area contributed by atoms with Crippen molar-refractivity contribution in [2.75, 3.05) is 5.32 Å². The lowest BCUT2D eigenvalue weighted by Gasteiger charge is -2.19. The third kappa shape index (κ3) is 4.88. The zero-order chi connectivity index (χ0) is 20.8. The van der Waals surface area contributed by atoms with Gasteiger partial charge in [0.05, 0.1) is 17.2 Å². The summed E-state index contributed by atoms with van der Waals surface area (Å²) in [6.45, 7) is 3.84. The molecule has 0 saturated heterocycles. The Morgan fingerprint density at radius 3 is 2.31 bits per heavy atom. The van der Waals surface area contributed by atoms with Gasteiger partial charge in [-0.2, -0.15) is 5.26 Å². The van der Waals surface area contributed by atoms with E-state index in [1.807, 2.05) is 44.2 Å². The molecule has 0 aromatic heterocycles. The van der Waals surface area contributed by atoms with Gasteiger partial charge in [0.2, 0.25) is 6.10 Å². The maximum Gasteiger partial charge on any atom is 0.339 e. The molecule has 0 heterocycles. The number of nitrogens with one attached hydrogen (secondary N) is 1. The summed E-state index contributed by atoms with van der Waals surface area (Å²) in [6.07, 6.45) is -1.11. The van der Waals surface area contributed by atoms with Crippen molar-refractivity contribution in [3.8, 4) is 6.07 Å². The third-order valence-corrected chi connectivity index (χ3v) is 4.47. The number of carbonyl (C=O) groups excluding carboxylic acids is 2. The molecule has 0 aliphatic carbocycles. The highest BCUT2D eigenvalue weighted by atomic mass is 16.5. The third-order valence-electron chi connectivity index (χ3n) is 4.47. The number of nitriles is 1. The van der Waals surface area contributed by atoms with Crippen LogP contribution >= 0.6 is 0 Å². The van der Waals surface area contributed by atoms with Crippen LogP contribution in [-0.4, -0.2) is 11.9 Å². The average Bonchev–Trinajstić information content (AvgIpc) is 2.75. The average molecular weight is 384 g/mol. The van der Waals surface area contributed by atoms with Gasteiger partial charge in [0, 0.05) is 11.3 Å². The first kappa shape index (κ1) is 19.8. The summed E-state index contributed by atoms with van der Waals surface area (Å²) in [7, 11) is 0. The molecule has 5 nitrogen and oxygen atoms in total. The number of ether oxygens (including phenoxy) is 1. The lowest BCUT2D eigenvalue weighted by atomic mass is 10.1. The first-order valence-electron chi connectivity index (χ1n) is 9.12. The van der Waals surface area contributed by atoms with E-state index in [9.17, 15) is 9.59 Å². The van der Waals surface area contributed by atoms with Gasteiger partial charge in [-0.05, 0) is 55.3 Å². The van der Waals surface area contributed by atoms with Crippen LogP contribution < -0.4 is 5.32 Å². The Hall–Kier alpha value is -3.91. The van der Waals surface area contributed by atoms with E-state index in [0.29, 0.717) is 16.8 Å². The van der Waals surface area contributed by atoms with Gasteiger partial charge in [-0.25, -0.2) is 4.79 Å². The highest BCUT2D eigenvalue weighted by Gasteiger charge is 2.26. The Morgan fingerprint density at radius 1 is 0.966 bits per heavy atom. The summed E-state index contributed by atoms with van der Waals surface area (Å²) in [4.78, 5) is 25.6. The second-order valence-corrected chi connectivity index (χ2v) is 6.69. The molecule has 1 N–H and O–H groups in total. The highest BCUT2D eigenvalue weighted by molar-refractivity contribution is 5.98. The SMILES string of the molecule is Cc1ccc(C)c(NC(=O)C(OC(=O)c2ccc(C#N)cc2)c2ccccc2)c1. The van der Waals surface area contributed by atoms with E-state index >= 15 is 0 Å². The van der Waals surface area contributed by atoms with Gasteiger partial charge in [-0.15, -0.1) is 0 Å². The first-order valence-corrected chi connectivity index (χ1v) is 9.12. The Balaban J connectivity index is 1.86. The molecule has 0 radical (unpaired) electrons. The van der Waals surface area contributed by atoms with Crippen LogP contribution in [0.4, 0.5) is 5.69 Å². The molecule has 0 fully saturated rings. The number of aryl methyl sites for hydroxylation is 2. The van der Waals surface area contributed by atoms with Gasteiger partial charge >= 0.3 is 5.97 Å². The fraction of sp³-hybridized carbons (Fsp3) is 0.125. The molecular formula is C24H20N2O3. The minimum atomic E-state index is -1.11. The van der Waals surface area contributed by atoms with Crippen molar-refractivity contribution in [1.29, 1.82) is 5.26 Å². The molecule has 3 aromatic carbocycles. The van der Waals surface area contributed by atoms with Gasteiger partial charge in [-0.1, -0.05) is 42.5 Å². The number of benzene rings is 3. The lowest BCUT2D eigenvalue weighted by Crippen LogP contribution is -2.26. The molecule has 1 amide bonds. The smallest absolute Gasteiger partial charge is 0.339 e. The number of hydrogen-bond donors (Lipinski definition) is 1. The molecule has 0 aliphatic heterocycles. The van der Waals surface area contributed by atoms with E-state index in [2.05, 4.69) is 5.32 Å². The molecule has 1 atom stereocenters. The second-order valence-electron chi connectivity index (χ2n) is 6.69. The molecule has 1 unspecified atom stereocenters. The first-order chi connectivity index (χ1) is 14.0. The normalized spacial score (nSPS) is 11.2. The van der Waals surface area contributed by atoms with Crippen molar-refractivity contribution >= 4 is 17.6 Å². The zero-order valence-corrected chi connectivity index (χ0v) is 16.2. The van der Waals surface area contributed by atoms with Crippen molar-refractivity contribution in [2.24, 2.45) is 0 Å². The van der Waals surface area contributed by atoms with E-state index in [0.717, 1.165) is 11.1 Å². The number of carbonyl (C=O) groups is 2. The molecule has 29 heavy (non-hydrogen) atoms. The summed E-state index contributed by atoms with van der Waals surface area (Å²) in [5, 5.41) is 11.8. The van der Waals surface area contributed by atoms with Crippen molar-refractivity contribution in [1.82, 2.24) is 0 Å². The van der Waals surface area contributed by atoms with Gasteiger partial charge < -0.3 is 10.1 Å². The van der Waals surface area contributed by atoms with Crippen LogP contribution in [0.15, 0.2) is 72.8 Å². The van der Waals surface area contributed by atoms with Crippen LogP contribution in [-0.2, 0) is 9.53 Å². The molecule has 0 spiro atoms. The quantitative estimate of drug-likeness (QED) is 0.646. The standard InChI is InChI=1S/C24H20N2O3/c1-16-8-9-17(2)21(14-16)26-23(27)22(19-6-4-3-5-7-19)29-24(28)20-12-10-18(15-25)11-13-20/h3-14,22H,1-2H3,(H,26,27). The van der Waals surface area contributed by atoms with Gasteiger partial charge in [0.1, 0.15) is 0 Å². The summed E-state index contributed by atoms with van der Waals surface area (Å²) in [5.41, 5.74) is 3.87. The zero-order valence-electron chi connectivity index (χ0n) is 16.2. The maximum atomic E-state index is 13.0. The molecule has 0 aliphatic rings. The Bertz CT molecular complexity index is 1070. The van der Waals surface area contributed by atoms with Crippen LogP contribution in [0.25, 0.3) is 0 Å². The Morgan fingerprint density at radius 2 is 1.66 bits per heavy atom. The van der Waals surface area contributed by atoms with Crippen LogP contribution in [0, 0.1) is 25.2 Å². The fourth-order valence-electron chi connectivity index (χ4n) is 2.83. The van der Waals surface area contributed by atoms with E-state index in [-0.39, 0.29) is 5.56 Å². The minimum Gasteiger partial charge on any atom is -0.444 e. The van der Waals surface area contributed by atoms with Crippen LogP contribution in [0.3, 0.4) is 0 Å². The van der Waals surface area contributed by atoms with Crippen molar-refractivity contribution < 1.29 is 14.3 Å². The summed E-state index contributed by atoms with van der Waals surface area (Å²) in [6, 6.07) is 22.7. The number of anilines is 1. The van der Waals surface area contributed by atoms with Crippen LogP contribution in [0.1, 0.15) is 38.7 Å². The molecule has 0 bridgehead atoms. The monoisotopic (exact) mass is 384 g/mol. The Kier molecular flexibility index (Phi) is 6.06. The molecule has 0 saturated carbocycles. The summed E-state index contributed by atoms with van der Waals surface area (Å²) in [5.74, 6) is -1.08. The lowest BCUT2D eigenvalue weighted by molar-refractivity contribution is -0.125. The molecular weight excluding hydrogens is 364 g/mol. The number of rotatable bonds is 5. The number of esters is 1. The summed E-state index contributed by atoms with van der Waals surface area (Å²) >= 11 is 0. The van der Waals surface area contributed by atoms with Crippen molar-refractivity contribution in [3.05, 3.63) is 101 Å². The number of nitrogens with zero attached hydrogens (tertiary/aromatic N) is 1. The van der Waals surface area contributed by atoms with Crippen molar-refractivity contribution in [3.63, 3.8) is 0 Å². The summed E-state index contributed by atoms with van der Waals surface area (Å²) < 4.78 is 5.57. The van der Waals surface area contributed by atoms with Gasteiger partial charge in [0.15, 0.2) is 0 Å². The second kappa shape index (κ2) is 8.85. The topological polar surface area (TPSA) is 79.2 Å². The minimum absolute atomic E-state index is 0.268. The van der Waals surface area contributed by atoms with E-state index in [4.69, 9.17) is 10.00 Å². The predicted molar refractivity (Wildman–Crippen MR) is 110 cm³/mol. The Labute approximate surface area is 169 Å². The van der Waals surface area contributed by atoms with Crippen LogP contribution in [0.2, 0.25) is 0 Å². The van der Waals surface area contributed by atoms with Crippen LogP contribution in [0.5, 0.6) is 0 Å². The molecule has 144 valence electrons. The maximum absolute atomic E-state index is 13.0. The molecule has 5 heteroatoms. The fourth-order valence-corrected chi connectivity index (χ4v) is 2.83. The van der Waals surface area contributed by atoms with E-state index in [1.54, 1.807) is 24.3 Å². The van der Waals surface area contributed by atoms with E-state index < -0.39 is 18.0 Å². The highest BCUT2D eigenvalue weighted by Crippen LogP contribution is 2.24. The van der Waals surface area contributed by atoms with Gasteiger partial charge in [0.25, 0.3) is 5.91 Å². The largest absolute Gasteiger partial charge is 0.444 e. The number of hydrogen-bond acceptors (Lipinski definition) is 4. The molecule has 3 aromatic rings.